The highest BCUT2D eigenvalue weighted by molar-refractivity contribution is 5.87. The molecular formula is C18H25NO5. The normalized spacial score (nSPS) is 23.1. The predicted molar refractivity (Wildman–Crippen MR) is 88.4 cm³/mol. The summed E-state index contributed by atoms with van der Waals surface area (Å²) in [6.07, 6.45) is -0.00836. The van der Waals surface area contributed by atoms with Gasteiger partial charge in [-0.05, 0) is 26.3 Å². The Morgan fingerprint density at radius 3 is 2.38 bits per heavy atom. The van der Waals surface area contributed by atoms with Crippen LogP contribution in [0.3, 0.4) is 0 Å². The standard InChI is InChI=1S/C18H25NO5/c1-17(2,3)24-16(21)19-18(15(20)22-4)10-14(11-18)23-12-13-8-6-5-7-9-13/h5-9,14H,10-12H2,1-4H3,(H,19,21). The summed E-state index contributed by atoms with van der Waals surface area (Å²) in [5.74, 6) is -0.479. The van der Waals surface area contributed by atoms with Gasteiger partial charge in [0.05, 0.1) is 19.8 Å². The number of rotatable bonds is 5. The van der Waals surface area contributed by atoms with E-state index in [1.54, 1.807) is 20.8 Å². The molecular weight excluding hydrogens is 310 g/mol. The van der Waals surface area contributed by atoms with Gasteiger partial charge in [0, 0.05) is 12.8 Å². The Bertz CT molecular complexity index is 573. The summed E-state index contributed by atoms with van der Waals surface area (Å²) in [6, 6.07) is 9.79. The van der Waals surface area contributed by atoms with Crippen molar-refractivity contribution in [1.29, 1.82) is 0 Å². The fourth-order valence-electron chi connectivity index (χ4n) is 2.64. The van der Waals surface area contributed by atoms with E-state index in [-0.39, 0.29) is 6.10 Å². The molecule has 1 amide bonds. The number of benzene rings is 1. The van der Waals surface area contributed by atoms with Crippen LogP contribution in [-0.2, 0) is 25.6 Å². The lowest BCUT2D eigenvalue weighted by Crippen LogP contribution is -2.65. The van der Waals surface area contributed by atoms with Crippen LogP contribution in [0.15, 0.2) is 30.3 Å². The van der Waals surface area contributed by atoms with E-state index >= 15 is 0 Å². The minimum atomic E-state index is -1.07. The summed E-state index contributed by atoms with van der Waals surface area (Å²) < 4.78 is 15.9. The van der Waals surface area contributed by atoms with Gasteiger partial charge in [-0.3, -0.25) is 0 Å². The van der Waals surface area contributed by atoms with Gasteiger partial charge in [0.1, 0.15) is 11.1 Å². The van der Waals surface area contributed by atoms with Crippen molar-refractivity contribution < 1.29 is 23.8 Å². The summed E-state index contributed by atoms with van der Waals surface area (Å²) in [4.78, 5) is 24.1. The Morgan fingerprint density at radius 1 is 1.21 bits per heavy atom. The zero-order valence-electron chi connectivity index (χ0n) is 14.6. The van der Waals surface area contributed by atoms with Crippen LogP contribution in [0.25, 0.3) is 0 Å². The highest BCUT2D eigenvalue weighted by atomic mass is 16.6. The van der Waals surface area contributed by atoms with Crippen LogP contribution in [0.4, 0.5) is 4.79 Å². The lowest BCUT2D eigenvalue weighted by atomic mass is 9.74. The van der Waals surface area contributed by atoms with Gasteiger partial charge in [0.15, 0.2) is 0 Å². The minimum Gasteiger partial charge on any atom is -0.467 e. The lowest BCUT2D eigenvalue weighted by Gasteiger charge is -2.45. The summed E-state index contributed by atoms with van der Waals surface area (Å²) in [5, 5.41) is 2.65. The van der Waals surface area contributed by atoms with Crippen LogP contribution < -0.4 is 5.32 Å². The van der Waals surface area contributed by atoms with E-state index < -0.39 is 23.2 Å². The molecule has 0 heterocycles. The third-order valence-corrected chi connectivity index (χ3v) is 3.80. The van der Waals surface area contributed by atoms with E-state index in [1.165, 1.54) is 7.11 Å². The van der Waals surface area contributed by atoms with Crippen LogP contribution in [0.5, 0.6) is 0 Å². The molecule has 1 saturated carbocycles. The second-order valence-corrected chi connectivity index (χ2v) is 7.03. The van der Waals surface area contributed by atoms with Gasteiger partial charge in [-0.25, -0.2) is 9.59 Å². The van der Waals surface area contributed by atoms with E-state index in [9.17, 15) is 9.59 Å². The first-order valence-corrected chi connectivity index (χ1v) is 7.99. The summed E-state index contributed by atoms with van der Waals surface area (Å²) in [5.41, 5.74) is -0.638. The number of alkyl carbamates (subject to hydrolysis) is 1. The first-order chi connectivity index (χ1) is 11.2. The van der Waals surface area contributed by atoms with Crippen LogP contribution in [0.2, 0.25) is 0 Å². The molecule has 1 N–H and O–H groups in total. The van der Waals surface area contributed by atoms with Crippen molar-refractivity contribution in [2.75, 3.05) is 7.11 Å². The average Bonchev–Trinajstić information content (AvgIpc) is 2.47. The first-order valence-electron chi connectivity index (χ1n) is 7.99. The second-order valence-electron chi connectivity index (χ2n) is 7.03. The Balaban J connectivity index is 1.90. The van der Waals surface area contributed by atoms with Crippen LogP contribution in [0, 0.1) is 0 Å². The number of ether oxygens (including phenoxy) is 3. The molecule has 132 valence electrons. The van der Waals surface area contributed by atoms with Crippen molar-refractivity contribution in [2.24, 2.45) is 0 Å². The molecule has 2 rings (SSSR count). The van der Waals surface area contributed by atoms with Gasteiger partial charge in [0.2, 0.25) is 0 Å². The molecule has 1 aliphatic carbocycles. The van der Waals surface area contributed by atoms with Gasteiger partial charge >= 0.3 is 12.1 Å². The highest BCUT2D eigenvalue weighted by Crippen LogP contribution is 2.36. The average molecular weight is 335 g/mol. The molecule has 24 heavy (non-hydrogen) atoms. The molecule has 0 atom stereocenters. The maximum absolute atomic E-state index is 12.1. The van der Waals surface area contributed by atoms with Crippen molar-refractivity contribution in [3.63, 3.8) is 0 Å². The molecule has 0 aromatic heterocycles. The van der Waals surface area contributed by atoms with Gasteiger partial charge in [-0.15, -0.1) is 0 Å². The number of carbonyl (C=O) groups excluding carboxylic acids is 2. The lowest BCUT2D eigenvalue weighted by molar-refractivity contribution is -0.162. The van der Waals surface area contributed by atoms with E-state index in [1.807, 2.05) is 30.3 Å². The summed E-state index contributed by atoms with van der Waals surface area (Å²) in [7, 11) is 1.30. The molecule has 1 aliphatic rings. The topological polar surface area (TPSA) is 73.9 Å². The van der Waals surface area contributed by atoms with Gasteiger partial charge in [-0.2, -0.15) is 0 Å². The molecule has 0 bridgehead atoms. The molecule has 6 nitrogen and oxygen atoms in total. The predicted octanol–water partition coefficient (Wildman–Crippen LogP) is 2.80. The zero-order valence-corrected chi connectivity index (χ0v) is 14.6. The number of hydrogen-bond donors (Lipinski definition) is 1. The number of methoxy groups -OCH3 is 1. The maximum atomic E-state index is 12.1. The smallest absolute Gasteiger partial charge is 0.408 e. The molecule has 0 aliphatic heterocycles. The SMILES string of the molecule is COC(=O)C1(NC(=O)OC(C)(C)C)CC(OCc2ccccc2)C1. The molecule has 1 aromatic carbocycles. The first kappa shape index (κ1) is 18.3. The minimum absolute atomic E-state index is 0.112. The quantitative estimate of drug-likeness (QED) is 0.838. The van der Waals surface area contributed by atoms with E-state index in [4.69, 9.17) is 14.2 Å². The number of esters is 1. The van der Waals surface area contributed by atoms with Crippen LogP contribution in [-0.4, -0.2) is 36.4 Å². The van der Waals surface area contributed by atoms with Gasteiger partial charge < -0.3 is 19.5 Å². The molecule has 1 fully saturated rings. The Hall–Kier alpha value is -2.08. The Labute approximate surface area is 142 Å². The number of hydrogen-bond acceptors (Lipinski definition) is 5. The van der Waals surface area contributed by atoms with E-state index in [0.29, 0.717) is 19.4 Å². The monoisotopic (exact) mass is 335 g/mol. The molecule has 0 unspecified atom stereocenters. The number of amides is 1. The number of carbonyl (C=O) groups is 2. The molecule has 6 heteroatoms. The van der Waals surface area contributed by atoms with Crippen molar-refractivity contribution in [2.45, 2.75) is 57.5 Å². The third kappa shape index (κ3) is 4.71. The maximum Gasteiger partial charge on any atom is 0.408 e. The van der Waals surface area contributed by atoms with Gasteiger partial charge in [0.25, 0.3) is 0 Å². The zero-order chi connectivity index (χ0) is 17.8. The van der Waals surface area contributed by atoms with Crippen molar-refractivity contribution in [3.8, 4) is 0 Å². The fraction of sp³-hybridized carbons (Fsp3) is 0.556. The summed E-state index contributed by atoms with van der Waals surface area (Å²) in [6.45, 7) is 5.77. The second kappa shape index (κ2) is 7.21. The highest BCUT2D eigenvalue weighted by Gasteiger charge is 2.53. The molecule has 0 spiro atoms. The van der Waals surface area contributed by atoms with Gasteiger partial charge in [-0.1, -0.05) is 30.3 Å². The van der Waals surface area contributed by atoms with Crippen LogP contribution in [0.1, 0.15) is 39.2 Å². The Morgan fingerprint density at radius 2 is 1.83 bits per heavy atom. The Kier molecular flexibility index (Phi) is 5.49. The third-order valence-electron chi connectivity index (χ3n) is 3.80. The molecule has 0 radical (unpaired) electrons. The van der Waals surface area contributed by atoms with E-state index in [2.05, 4.69) is 5.32 Å². The van der Waals surface area contributed by atoms with Crippen molar-refractivity contribution in [3.05, 3.63) is 35.9 Å². The molecule has 0 saturated heterocycles. The van der Waals surface area contributed by atoms with E-state index in [0.717, 1.165) is 5.56 Å². The molecule has 1 aromatic rings. The number of nitrogens with one attached hydrogen (secondary N) is 1. The van der Waals surface area contributed by atoms with Crippen molar-refractivity contribution in [1.82, 2.24) is 5.32 Å². The van der Waals surface area contributed by atoms with Crippen LogP contribution >= 0.6 is 0 Å². The fourth-order valence-corrected chi connectivity index (χ4v) is 2.64. The van der Waals surface area contributed by atoms with Crippen molar-refractivity contribution >= 4 is 12.1 Å². The summed E-state index contributed by atoms with van der Waals surface area (Å²) >= 11 is 0. The largest absolute Gasteiger partial charge is 0.467 e.